The average Bonchev–Trinajstić information content (AvgIpc) is 2.87. The minimum atomic E-state index is -1.21. The number of hydrogen-bond donors (Lipinski definition) is 1. The van der Waals surface area contributed by atoms with E-state index in [-0.39, 0.29) is 5.82 Å². The maximum absolute atomic E-state index is 10.4. The largest absolute Gasteiger partial charge is 0.497 e. The number of benzene rings is 1. The first-order chi connectivity index (χ1) is 12.0. The lowest BCUT2D eigenvalue weighted by atomic mass is 10.2. The number of non-ortho nitro benzene ring substituents is 1. The Morgan fingerprint density at radius 3 is 1.62 bits per heavy atom. The van der Waals surface area contributed by atoms with E-state index < -0.39 is 42.5 Å². The number of imidazole rings is 1. The molecule has 1 N–H and O–H groups in total. The van der Waals surface area contributed by atoms with Gasteiger partial charge in [-0.1, -0.05) is 0 Å². The molecule has 15 heteroatoms. The van der Waals surface area contributed by atoms with Crippen LogP contribution in [0.5, 0.6) is 5.75 Å². The van der Waals surface area contributed by atoms with E-state index in [0.29, 0.717) is 17.8 Å². The van der Waals surface area contributed by atoms with Gasteiger partial charge in [0.1, 0.15) is 5.69 Å². The van der Waals surface area contributed by atoms with Crippen LogP contribution in [-0.2, 0) is 7.05 Å². The highest BCUT2D eigenvalue weighted by molar-refractivity contribution is 5.64. The van der Waals surface area contributed by atoms with E-state index >= 15 is 0 Å². The van der Waals surface area contributed by atoms with Gasteiger partial charge in [0, 0.05) is 7.05 Å². The number of rotatable bonds is 4. The molecule has 0 saturated heterocycles. The fourth-order valence-electron chi connectivity index (χ4n) is 1.63. The van der Waals surface area contributed by atoms with Crippen LogP contribution in [0.2, 0.25) is 0 Å². The third-order valence-electron chi connectivity index (χ3n) is 3.04. The van der Waals surface area contributed by atoms with Gasteiger partial charge in [-0.25, -0.2) is 0 Å². The Kier molecular flexibility index (Phi) is 5.81. The van der Waals surface area contributed by atoms with Crippen molar-refractivity contribution in [3.63, 3.8) is 0 Å². The Balaban J connectivity index is 0.000000289. The van der Waals surface area contributed by atoms with Gasteiger partial charge in [-0.05, 0) is 16.8 Å². The van der Waals surface area contributed by atoms with Crippen LogP contribution in [-0.4, -0.2) is 34.4 Å². The summed E-state index contributed by atoms with van der Waals surface area (Å²) in [7, 11) is 1.72. The highest BCUT2D eigenvalue weighted by atomic mass is 16.6. The topological polar surface area (TPSA) is 211 Å². The monoisotopic (exact) mass is 370 g/mol. The smallest absolute Gasteiger partial charge is 0.384 e. The van der Waals surface area contributed by atoms with Crippen LogP contribution in [0.1, 0.15) is 5.69 Å². The van der Waals surface area contributed by atoms with Gasteiger partial charge in [0.15, 0.2) is 0 Å². The Bertz CT molecular complexity index is 871. The van der Waals surface area contributed by atoms with Crippen molar-refractivity contribution in [1.29, 1.82) is 0 Å². The van der Waals surface area contributed by atoms with E-state index in [1.54, 1.807) is 18.5 Å². The second kappa shape index (κ2) is 7.60. The van der Waals surface area contributed by atoms with Crippen molar-refractivity contribution >= 4 is 22.9 Å². The fraction of sp³-hybridized carbons (Fsp3) is 0.182. The number of phenolic OH excluding ortho intramolecular Hbond substituents is 1. The molecule has 0 unspecified atom stereocenters. The van der Waals surface area contributed by atoms with Crippen molar-refractivity contribution in [1.82, 2.24) is 9.55 Å². The van der Waals surface area contributed by atoms with Crippen LogP contribution in [0.4, 0.5) is 22.9 Å². The maximum atomic E-state index is 10.4. The molecule has 138 valence electrons. The molecular weight excluding hydrogens is 360 g/mol. The zero-order chi connectivity index (χ0) is 20.2. The van der Waals surface area contributed by atoms with Gasteiger partial charge in [0.05, 0.1) is 26.9 Å². The number of hydrogen-bond acceptors (Lipinski definition) is 10. The molecule has 0 aliphatic carbocycles. The van der Waals surface area contributed by atoms with Gasteiger partial charge >= 0.3 is 17.2 Å². The van der Waals surface area contributed by atoms with E-state index in [4.69, 9.17) is 5.11 Å². The van der Waals surface area contributed by atoms with Gasteiger partial charge in [0.25, 0.3) is 11.4 Å². The first kappa shape index (κ1) is 19.9. The summed E-state index contributed by atoms with van der Waals surface area (Å²) in [5, 5.41) is 50.4. The van der Waals surface area contributed by atoms with Gasteiger partial charge in [-0.2, -0.15) is 0 Å². The Morgan fingerprint density at radius 1 is 0.923 bits per heavy atom. The number of nitro benzene ring substituents is 3. The van der Waals surface area contributed by atoms with Crippen molar-refractivity contribution in [2.75, 3.05) is 0 Å². The predicted octanol–water partition coefficient (Wildman–Crippen LogP) is 1.75. The van der Waals surface area contributed by atoms with Crippen molar-refractivity contribution in [3.05, 3.63) is 64.6 Å². The molecular formula is C11H10N6O9. The lowest BCUT2D eigenvalue weighted by Gasteiger charge is -1.97. The fourth-order valence-corrected chi connectivity index (χ4v) is 1.63. The van der Waals surface area contributed by atoms with Crippen LogP contribution in [0, 0.1) is 47.4 Å². The van der Waals surface area contributed by atoms with Crippen molar-refractivity contribution < 1.29 is 24.8 Å². The molecule has 0 aliphatic rings. The summed E-state index contributed by atoms with van der Waals surface area (Å²) in [6.45, 7) is 1.66. The third kappa shape index (κ3) is 4.22. The molecule has 0 aliphatic heterocycles. The summed E-state index contributed by atoms with van der Waals surface area (Å²) < 4.78 is 1.61. The minimum Gasteiger partial charge on any atom is -0.497 e. The van der Waals surface area contributed by atoms with Crippen LogP contribution in [0.15, 0.2) is 18.5 Å². The SMILES string of the molecule is Cc1c([N+](=O)[O-])ncn1C.O=[N+]([O-])c1cc([N+](=O)[O-])c(O)c([N+](=O)[O-])c1. The first-order valence-electron chi connectivity index (χ1n) is 6.39. The van der Waals surface area contributed by atoms with E-state index in [9.17, 15) is 40.5 Å². The van der Waals surface area contributed by atoms with E-state index in [2.05, 4.69) is 4.98 Å². The highest BCUT2D eigenvalue weighted by Gasteiger charge is 2.30. The number of phenols is 1. The molecule has 1 heterocycles. The first-order valence-corrected chi connectivity index (χ1v) is 6.39. The molecule has 1 aromatic heterocycles. The van der Waals surface area contributed by atoms with E-state index in [1.807, 2.05) is 0 Å². The van der Waals surface area contributed by atoms with Crippen LogP contribution < -0.4 is 0 Å². The Hall–Kier alpha value is -4.17. The zero-order valence-electron chi connectivity index (χ0n) is 13.1. The highest BCUT2D eigenvalue weighted by Crippen LogP contribution is 2.38. The predicted molar refractivity (Wildman–Crippen MR) is 82.7 cm³/mol. The van der Waals surface area contributed by atoms with Gasteiger partial charge in [0.2, 0.25) is 6.33 Å². The molecule has 0 saturated carbocycles. The molecule has 1 aromatic carbocycles. The van der Waals surface area contributed by atoms with Gasteiger partial charge < -0.3 is 19.8 Å². The van der Waals surface area contributed by atoms with Crippen molar-refractivity contribution in [2.24, 2.45) is 7.05 Å². The molecule has 0 radical (unpaired) electrons. The summed E-state index contributed by atoms with van der Waals surface area (Å²) in [6, 6.07) is 0.894. The van der Waals surface area contributed by atoms with Crippen LogP contribution in [0.3, 0.4) is 0 Å². The van der Waals surface area contributed by atoms with Crippen molar-refractivity contribution in [2.45, 2.75) is 6.92 Å². The molecule has 2 rings (SSSR count). The number of nitrogens with zero attached hydrogens (tertiary/aromatic N) is 6. The molecule has 15 nitrogen and oxygen atoms in total. The van der Waals surface area contributed by atoms with E-state index in [0.717, 1.165) is 0 Å². The summed E-state index contributed by atoms with van der Waals surface area (Å²) in [5.74, 6) is -1.27. The van der Waals surface area contributed by atoms with Crippen LogP contribution in [0.25, 0.3) is 0 Å². The van der Waals surface area contributed by atoms with Gasteiger partial charge in [-0.15, -0.1) is 0 Å². The number of aromatic hydroxyl groups is 1. The average molecular weight is 370 g/mol. The normalized spacial score (nSPS) is 9.77. The third-order valence-corrected chi connectivity index (χ3v) is 3.04. The Labute approximate surface area is 142 Å². The standard InChI is InChI=1S/C6H3N3O7.C5H7N3O2/c10-6-4(8(13)14)1-3(7(11)12)2-5(6)9(15)16;1-4-5(8(9)10)6-3-7(4)2/h1-2,10H;3H,1-2H3. The maximum Gasteiger partial charge on any atom is 0.384 e. The summed E-state index contributed by atoms with van der Waals surface area (Å²) in [4.78, 5) is 41.0. The lowest BCUT2D eigenvalue weighted by molar-refractivity contribution is -0.404. The number of nitro groups is 4. The second-order valence-electron chi connectivity index (χ2n) is 4.63. The van der Waals surface area contributed by atoms with Crippen molar-refractivity contribution in [3.8, 4) is 5.75 Å². The number of aromatic nitrogens is 2. The molecule has 0 bridgehead atoms. The van der Waals surface area contributed by atoms with Gasteiger partial charge in [-0.3, -0.25) is 30.3 Å². The second-order valence-corrected chi connectivity index (χ2v) is 4.63. The number of aryl methyl sites for hydroxylation is 1. The quantitative estimate of drug-likeness (QED) is 0.608. The van der Waals surface area contributed by atoms with E-state index in [1.165, 1.54) is 6.33 Å². The molecule has 0 atom stereocenters. The van der Waals surface area contributed by atoms with Crippen LogP contribution >= 0.6 is 0 Å². The Morgan fingerprint density at radius 2 is 1.38 bits per heavy atom. The summed E-state index contributed by atoms with van der Waals surface area (Å²) in [6.07, 6.45) is 1.42. The molecule has 2 aromatic rings. The molecule has 26 heavy (non-hydrogen) atoms. The summed E-state index contributed by atoms with van der Waals surface area (Å²) >= 11 is 0. The molecule has 0 spiro atoms. The zero-order valence-corrected chi connectivity index (χ0v) is 13.1. The molecule has 0 amide bonds. The molecule has 0 fully saturated rings. The lowest BCUT2D eigenvalue weighted by Crippen LogP contribution is -1.97. The summed E-state index contributed by atoms with van der Waals surface area (Å²) in [5.41, 5.74) is -2.43. The minimum absolute atomic E-state index is 0.0671.